The van der Waals surface area contributed by atoms with Gasteiger partial charge in [0.05, 0.1) is 19.2 Å². The Balaban J connectivity index is 1.97. The molecule has 0 saturated heterocycles. The molecule has 2 N–H and O–H groups in total. The van der Waals surface area contributed by atoms with Crippen LogP contribution in [0.2, 0.25) is 0 Å². The molecule has 2 amide bonds. The highest BCUT2D eigenvalue weighted by atomic mass is 19.1. The number of ether oxygens (including phenoxy) is 1. The van der Waals surface area contributed by atoms with E-state index in [0.717, 1.165) is 0 Å². The number of nitrogens with zero attached hydrogens (tertiary/aromatic N) is 3. The first-order chi connectivity index (χ1) is 10.9. The van der Waals surface area contributed by atoms with Crippen LogP contribution < -0.4 is 15.4 Å². The van der Waals surface area contributed by atoms with Crippen LogP contribution in [-0.4, -0.2) is 27.9 Å². The highest BCUT2D eigenvalue weighted by molar-refractivity contribution is 5.74. The topological polar surface area (TPSA) is 81.1 Å². The van der Waals surface area contributed by atoms with Crippen LogP contribution in [0.1, 0.15) is 37.3 Å². The second-order valence-corrected chi connectivity index (χ2v) is 5.26. The molecule has 0 fully saturated rings. The van der Waals surface area contributed by atoms with Gasteiger partial charge in [-0.2, -0.15) is 0 Å². The first-order valence-corrected chi connectivity index (χ1v) is 7.16. The molecule has 23 heavy (non-hydrogen) atoms. The number of aryl methyl sites for hydroxylation is 1. The Bertz CT molecular complexity index is 688. The molecule has 0 bridgehead atoms. The van der Waals surface area contributed by atoms with Gasteiger partial charge in [0.1, 0.15) is 6.33 Å². The summed E-state index contributed by atoms with van der Waals surface area (Å²) in [6.45, 7) is 3.58. The summed E-state index contributed by atoms with van der Waals surface area (Å²) in [5.74, 6) is 0.344. The number of carbonyl (C=O) groups excluding carboxylic acids is 1. The first kappa shape index (κ1) is 16.7. The van der Waals surface area contributed by atoms with Crippen LogP contribution in [0.3, 0.4) is 0 Å². The molecule has 0 spiro atoms. The van der Waals surface area contributed by atoms with Crippen molar-refractivity contribution in [1.29, 1.82) is 0 Å². The van der Waals surface area contributed by atoms with E-state index in [1.165, 1.54) is 19.2 Å². The minimum Gasteiger partial charge on any atom is -0.494 e. The molecule has 124 valence electrons. The van der Waals surface area contributed by atoms with Gasteiger partial charge in [-0.1, -0.05) is 6.07 Å². The Hall–Kier alpha value is -2.64. The van der Waals surface area contributed by atoms with Crippen LogP contribution in [0.25, 0.3) is 0 Å². The Kier molecular flexibility index (Phi) is 5.15. The Morgan fingerprint density at radius 3 is 2.57 bits per heavy atom. The minimum atomic E-state index is -0.466. The van der Waals surface area contributed by atoms with Crippen molar-refractivity contribution in [3.05, 3.63) is 41.7 Å². The summed E-state index contributed by atoms with van der Waals surface area (Å²) in [7, 11) is 3.20. The summed E-state index contributed by atoms with van der Waals surface area (Å²) >= 11 is 0. The van der Waals surface area contributed by atoms with Gasteiger partial charge in [0.25, 0.3) is 0 Å². The molecule has 0 saturated carbocycles. The fourth-order valence-electron chi connectivity index (χ4n) is 2.22. The lowest BCUT2D eigenvalue weighted by Crippen LogP contribution is -2.39. The number of rotatable bonds is 5. The van der Waals surface area contributed by atoms with Gasteiger partial charge in [-0.05, 0) is 31.5 Å². The van der Waals surface area contributed by atoms with Gasteiger partial charge in [-0.3, -0.25) is 0 Å². The van der Waals surface area contributed by atoms with E-state index >= 15 is 0 Å². The van der Waals surface area contributed by atoms with Crippen molar-refractivity contribution in [2.75, 3.05) is 7.11 Å². The van der Waals surface area contributed by atoms with E-state index in [-0.39, 0.29) is 23.9 Å². The monoisotopic (exact) mass is 321 g/mol. The third-order valence-electron chi connectivity index (χ3n) is 3.50. The lowest BCUT2D eigenvalue weighted by atomic mass is 10.1. The average Bonchev–Trinajstić information content (AvgIpc) is 2.93. The highest BCUT2D eigenvalue weighted by Gasteiger charge is 2.16. The molecule has 0 aliphatic rings. The molecule has 0 unspecified atom stereocenters. The molecule has 1 aromatic heterocycles. The largest absolute Gasteiger partial charge is 0.494 e. The Morgan fingerprint density at radius 1 is 1.30 bits per heavy atom. The quantitative estimate of drug-likeness (QED) is 0.883. The van der Waals surface area contributed by atoms with Crippen LogP contribution in [0, 0.1) is 5.82 Å². The molecule has 2 rings (SSSR count). The van der Waals surface area contributed by atoms with Crippen LogP contribution in [0.4, 0.5) is 9.18 Å². The maximum absolute atomic E-state index is 13.7. The molecule has 8 heteroatoms. The number of nitrogens with one attached hydrogen (secondary N) is 2. The predicted octanol–water partition coefficient (Wildman–Crippen LogP) is 2.08. The lowest BCUT2D eigenvalue weighted by Gasteiger charge is -2.18. The van der Waals surface area contributed by atoms with Gasteiger partial charge in [0, 0.05) is 7.05 Å². The van der Waals surface area contributed by atoms with E-state index in [0.29, 0.717) is 11.4 Å². The summed E-state index contributed by atoms with van der Waals surface area (Å²) in [5.41, 5.74) is 0.643. The summed E-state index contributed by atoms with van der Waals surface area (Å²) < 4.78 is 20.3. The highest BCUT2D eigenvalue weighted by Crippen LogP contribution is 2.21. The van der Waals surface area contributed by atoms with Crippen molar-refractivity contribution < 1.29 is 13.9 Å². The standard InChI is InChI=1S/C15H20FN5O2/c1-9(11-5-6-13(23-4)12(16)7-11)18-15(22)19-10(2)14-20-17-8-21(14)3/h5-10H,1-4H3,(H2,18,19,22)/t9-,10+/m0/s1. The molecule has 0 aliphatic heterocycles. The van der Waals surface area contributed by atoms with Gasteiger partial charge in [0.15, 0.2) is 17.4 Å². The predicted molar refractivity (Wildman–Crippen MR) is 82.5 cm³/mol. The zero-order valence-electron chi connectivity index (χ0n) is 13.5. The Labute approximate surface area is 133 Å². The van der Waals surface area contributed by atoms with Crippen molar-refractivity contribution in [2.24, 2.45) is 7.05 Å². The maximum Gasteiger partial charge on any atom is 0.315 e. The van der Waals surface area contributed by atoms with Crippen molar-refractivity contribution >= 4 is 6.03 Å². The van der Waals surface area contributed by atoms with Gasteiger partial charge in [-0.25, -0.2) is 9.18 Å². The van der Waals surface area contributed by atoms with Crippen LogP contribution in [0.15, 0.2) is 24.5 Å². The molecule has 2 aromatic rings. The SMILES string of the molecule is COc1ccc([C@H](C)NC(=O)N[C@H](C)c2nncn2C)cc1F. The number of carbonyl (C=O) groups is 1. The molecule has 0 aliphatic carbocycles. The number of benzene rings is 1. The second-order valence-electron chi connectivity index (χ2n) is 5.26. The smallest absolute Gasteiger partial charge is 0.315 e. The second kappa shape index (κ2) is 7.08. The number of amides is 2. The lowest BCUT2D eigenvalue weighted by molar-refractivity contribution is 0.234. The fourth-order valence-corrected chi connectivity index (χ4v) is 2.22. The van der Waals surface area contributed by atoms with E-state index in [1.54, 1.807) is 37.9 Å². The van der Waals surface area contributed by atoms with Crippen molar-refractivity contribution in [1.82, 2.24) is 25.4 Å². The molecule has 1 aromatic carbocycles. The van der Waals surface area contributed by atoms with E-state index < -0.39 is 5.82 Å². The molecule has 1 heterocycles. The van der Waals surface area contributed by atoms with Gasteiger partial charge < -0.3 is 19.9 Å². The zero-order valence-corrected chi connectivity index (χ0v) is 13.5. The molecule has 0 radical (unpaired) electrons. The first-order valence-electron chi connectivity index (χ1n) is 7.16. The van der Waals surface area contributed by atoms with Gasteiger partial charge >= 0.3 is 6.03 Å². The normalized spacial score (nSPS) is 13.3. The molecule has 2 atom stereocenters. The van der Waals surface area contributed by atoms with E-state index in [4.69, 9.17) is 4.74 Å². The zero-order chi connectivity index (χ0) is 17.0. The van der Waals surface area contributed by atoms with Crippen LogP contribution in [0.5, 0.6) is 5.75 Å². The van der Waals surface area contributed by atoms with Gasteiger partial charge in [0.2, 0.25) is 0 Å². The fraction of sp³-hybridized carbons (Fsp3) is 0.400. The van der Waals surface area contributed by atoms with Gasteiger partial charge in [-0.15, -0.1) is 10.2 Å². The third-order valence-corrected chi connectivity index (χ3v) is 3.50. The molecule has 7 nitrogen and oxygen atoms in total. The van der Waals surface area contributed by atoms with E-state index in [2.05, 4.69) is 20.8 Å². The maximum atomic E-state index is 13.7. The van der Waals surface area contributed by atoms with E-state index in [9.17, 15) is 9.18 Å². The number of halogens is 1. The molecular formula is C15H20FN5O2. The summed E-state index contributed by atoms with van der Waals surface area (Å²) in [6, 6.07) is 3.55. The minimum absolute atomic E-state index is 0.168. The van der Waals surface area contributed by atoms with E-state index in [1.807, 2.05) is 0 Å². The number of urea groups is 1. The Morgan fingerprint density at radius 2 is 2.00 bits per heavy atom. The van der Waals surface area contributed by atoms with Crippen molar-refractivity contribution in [3.63, 3.8) is 0 Å². The number of aromatic nitrogens is 3. The third kappa shape index (κ3) is 3.97. The number of methoxy groups -OCH3 is 1. The summed E-state index contributed by atoms with van der Waals surface area (Å²) in [5, 5.41) is 13.2. The van der Waals surface area contributed by atoms with Crippen molar-refractivity contribution in [2.45, 2.75) is 25.9 Å². The number of hydrogen-bond donors (Lipinski definition) is 2. The van der Waals surface area contributed by atoms with Crippen LogP contribution in [-0.2, 0) is 7.05 Å². The van der Waals surface area contributed by atoms with Crippen molar-refractivity contribution in [3.8, 4) is 5.75 Å². The summed E-state index contributed by atoms with van der Waals surface area (Å²) in [6.07, 6.45) is 1.56. The van der Waals surface area contributed by atoms with Crippen LogP contribution >= 0.6 is 0 Å². The summed E-state index contributed by atoms with van der Waals surface area (Å²) in [4.78, 5) is 12.1. The average molecular weight is 321 g/mol. The number of hydrogen-bond acceptors (Lipinski definition) is 4. The molecular weight excluding hydrogens is 301 g/mol.